The van der Waals surface area contributed by atoms with Crippen molar-refractivity contribution in [1.82, 2.24) is 14.6 Å². The van der Waals surface area contributed by atoms with Crippen LogP contribution in [0.1, 0.15) is 37.4 Å². The molecule has 2 aromatic rings. The number of alkyl halides is 2. The molecule has 1 unspecified atom stereocenters. The number of nitriles is 1. The lowest BCUT2D eigenvalue weighted by Crippen LogP contribution is -2.06. The van der Waals surface area contributed by atoms with Gasteiger partial charge in [-0.2, -0.15) is 5.26 Å². The molecule has 2 heterocycles. The van der Waals surface area contributed by atoms with Gasteiger partial charge in [0, 0.05) is 26.1 Å². The van der Waals surface area contributed by atoms with Crippen molar-refractivity contribution in [1.29, 1.82) is 5.26 Å². The predicted octanol–water partition coefficient (Wildman–Crippen LogP) is 2.95. The zero-order valence-electron chi connectivity index (χ0n) is 14.1. The van der Waals surface area contributed by atoms with Crippen molar-refractivity contribution in [2.75, 3.05) is 19.5 Å². The molecule has 0 amide bonds. The summed E-state index contributed by atoms with van der Waals surface area (Å²) in [6.07, 6.45) is 3.18. The third kappa shape index (κ3) is 4.20. The van der Waals surface area contributed by atoms with Crippen LogP contribution in [0, 0.1) is 23.1 Å². The molecule has 1 fully saturated rings. The van der Waals surface area contributed by atoms with Gasteiger partial charge >= 0.3 is 0 Å². The predicted molar refractivity (Wildman–Crippen MR) is 85.6 cm³/mol. The summed E-state index contributed by atoms with van der Waals surface area (Å²) in [5.74, 6) is -4.54. The average Bonchev–Trinajstić information content (AvgIpc) is 3.09. The van der Waals surface area contributed by atoms with E-state index >= 15 is 0 Å². The first kappa shape index (κ1) is 19.0. The number of methoxy groups -OCH3 is 1. The third-order valence-corrected chi connectivity index (χ3v) is 3.95. The minimum absolute atomic E-state index is 0.0373. The molecule has 0 radical (unpaired) electrons. The van der Waals surface area contributed by atoms with Crippen LogP contribution in [0.25, 0.3) is 5.52 Å². The van der Waals surface area contributed by atoms with Crippen LogP contribution in [0.5, 0.6) is 0 Å². The van der Waals surface area contributed by atoms with Crippen LogP contribution in [0.3, 0.4) is 0 Å². The van der Waals surface area contributed by atoms with Gasteiger partial charge in [-0.25, -0.2) is 22.7 Å². The zero-order chi connectivity index (χ0) is 18.6. The minimum Gasteiger partial charge on any atom is -0.385 e. The highest BCUT2D eigenvalue weighted by Gasteiger charge is 2.57. The molecular formula is C16H20F3N5O. The summed E-state index contributed by atoms with van der Waals surface area (Å²) < 4.78 is 45.7. The number of hydrogen-bond donors (Lipinski definition) is 1. The van der Waals surface area contributed by atoms with E-state index < -0.39 is 17.7 Å². The SMILES string of the molecule is CCCCOC.N#Cc1c(F)c2cnc(N)nn2c1CC1CC1(F)F. The quantitative estimate of drug-likeness (QED) is 0.833. The summed E-state index contributed by atoms with van der Waals surface area (Å²) in [5.41, 5.74) is 5.20. The average molecular weight is 355 g/mol. The van der Waals surface area contributed by atoms with Crippen LogP contribution in [-0.2, 0) is 11.2 Å². The number of unbranched alkanes of at least 4 members (excludes halogenated alkanes) is 1. The van der Waals surface area contributed by atoms with E-state index in [1.807, 2.05) is 0 Å². The number of nitrogens with two attached hydrogens (primary N) is 1. The maximum absolute atomic E-state index is 13.9. The van der Waals surface area contributed by atoms with E-state index in [0.717, 1.165) is 17.3 Å². The van der Waals surface area contributed by atoms with Crippen molar-refractivity contribution in [3.8, 4) is 6.07 Å². The maximum Gasteiger partial charge on any atom is 0.252 e. The monoisotopic (exact) mass is 355 g/mol. The summed E-state index contributed by atoms with van der Waals surface area (Å²) in [5, 5.41) is 12.7. The summed E-state index contributed by atoms with van der Waals surface area (Å²) in [4.78, 5) is 3.63. The van der Waals surface area contributed by atoms with Crippen LogP contribution in [-0.4, -0.2) is 34.2 Å². The standard InChI is InChI=1S/C11H8F3N5.C5H12O/c12-9-6(3-15)7(1-5-2-11(5,13)14)19-8(9)4-17-10(16)18-19;1-3-4-5-6-2/h4-5H,1-2H2,(H2,16,18);3-5H2,1-2H3. The smallest absolute Gasteiger partial charge is 0.252 e. The molecule has 0 aromatic carbocycles. The second-order valence-electron chi connectivity index (χ2n) is 5.87. The van der Waals surface area contributed by atoms with Crippen molar-refractivity contribution in [2.24, 2.45) is 5.92 Å². The first-order valence-electron chi connectivity index (χ1n) is 7.94. The number of halogens is 3. The third-order valence-electron chi connectivity index (χ3n) is 3.95. The van der Waals surface area contributed by atoms with E-state index in [0.29, 0.717) is 0 Å². The normalized spacial score (nSPS) is 17.7. The fraction of sp³-hybridized carbons (Fsp3) is 0.562. The second kappa shape index (κ2) is 7.70. The van der Waals surface area contributed by atoms with Gasteiger partial charge in [0.25, 0.3) is 5.92 Å². The molecular weight excluding hydrogens is 335 g/mol. The van der Waals surface area contributed by atoms with E-state index in [1.165, 1.54) is 12.8 Å². The van der Waals surface area contributed by atoms with E-state index in [1.54, 1.807) is 13.2 Å². The molecule has 0 aliphatic heterocycles. The lowest BCUT2D eigenvalue weighted by molar-refractivity contribution is 0.0986. The van der Waals surface area contributed by atoms with Crippen molar-refractivity contribution in [3.05, 3.63) is 23.3 Å². The Bertz CT molecular complexity index is 780. The van der Waals surface area contributed by atoms with Gasteiger partial charge in [0.15, 0.2) is 5.82 Å². The number of ether oxygens (including phenoxy) is 1. The van der Waals surface area contributed by atoms with Crippen LogP contribution in [0.15, 0.2) is 6.20 Å². The molecule has 2 aromatic heterocycles. The second-order valence-corrected chi connectivity index (χ2v) is 5.87. The maximum atomic E-state index is 13.9. The lowest BCUT2D eigenvalue weighted by Gasteiger charge is -2.02. The highest BCUT2D eigenvalue weighted by molar-refractivity contribution is 5.57. The lowest BCUT2D eigenvalue weighted by atomic mass is 10.1. The summed E-state index contributed by atoms with van der Waals surface area (Å²) in [6, 6.07) is 1.68. The molecule has 1 aliphatic rings. The Labute approximate surface area is 143 Å². The molecule has 136 valence electrons. The van der Waals surface area contributed by atoms with Gasteiger partial charge in [-0.3, -0.25) is 0 Å². The van der Waals surface area contributed by atoms with Crippen LogP contribution in [0.2, 0.25) is 0 Å². The Hall–Kier alpha value is -2.34. The van der Waals surface area contributed by atoms with Gasteiger partial charge in [0.05, 0.1) is 11.9 Å². The molecule has 1 aliphatic carbocycles. The molecule has 6 nitrogen and oxygen atoms in total. The van der Waals surface area contributed by atoms with E-state index in [9.17, 15) is 13.2 Å². The highest BCUT2D eigenvalue weighted by atomic mass is 19.3. The number of anilines is 1. The number of nitrogen functional groups attached to an aromatic ring is 1. The summed E-state index contributed by atoms with van der Waals surface area (Å²) >= 11 is 0. The van der Waals surface area contributed by atoms with Gasteiger partial charge < -0.3 is 10.5 Å². The number of hydrogen-bond acceptors (Lipinski definition) is 5. The molecule has 0 saturated heterocycles. The Morgan fingerprint density at radius 3 is 2.68 bits per heavy atom. The van der Waals surface area contributed by atoms with E-state index in [2.05, 4.69) is 17.0 Å². The summed E-state index contributed by atoms with van der Waals surface area (Å²) in [7, 11) is 1.73. The van der Waals surface area contributed by atoms with Gasteiger partial charge in [-0.1, -0.05) is 13.3 Å². The Balaban J connectivity index is 0.000000326. The minimum atomic E-state index is -2.74. The number of aromatic nitrogens is 3. The highest BCUT2D eigenvalue weighted by Crippen LogP contribution is 2.50. The fourth-order valence-corrected chi connectivity index (χ4v) is 2.40. The van der Waals surface area contributed by atoms with E-state index in [-0.39, 0.29) is 35.6 Å². The van der Waals surface area contributed by atoms with Crippen molar-refractivity contribution in [3.63, 3.8) is 0 Å². The first-order valence-corrected chi connectivity index (χ1v) is 7.94. The Morgan fingerprint density at radius 2 is 2.20 bits per heavy atom. The van der Waals surface area contributed by atoms with Crippen molar-refractivity contribution in [2.45, 2.75) is 38.5 Å². The zero-order valence-corrected chi connectivity index (χ0v) is 14.1. The van der Waals surface area contributed by atoms with Gasteiger partial charge in [-0.15, -0.1) is 5.10 Å². The van der Waals surface area contributed by atoms with E-state index in [4.69, 9.17) is 15.7 Å². The van der Waals surface area contributed by atoms with Crippen LogP contribution >= 0.6 is 0 Å². The first-order chi connectivity index (χ1) is 11.9. The molecule has 0 bridgehead atoms. The van der Waals surface area contributed by atoms with Crippen molar-refractivity contribution >= 4 is 11.5 Å². The van der Waals surface area contributed by atoms with Crippen LogP contribution < -0.4 is 5.73 Å². The number of rotatable bonds is 5. The Morgan fingerprint density at radius 1 is 1.52 bits per heavy atom. The number of nitrogens with zero attached hydrogens (tertiary/aromatic N) is 4. The largest absolute Gasteiger partial charge is 0.385 e. The molecule has 1 atom stereocenters. The van der Waals surface area contributed by atoms with Crippen molar-refractivity contribution < 1.29 is 17.9 Å². The van der Waals surface area contributed by atoms with Gasteiger partial charge in [0.2, 0.25) is 5.95 Å². The number of fused-ring (bicyclic) bond motifs is 1. The van der Waals surface area contributed by atoms with Gasteiger partial charge in [-0.05, 0) is 12.8 Å². The fourth-order valence-electron chi connectivity index (χ4n) is 2.40. The van der Waals surface area contributed by atoms with Gasteiger partial charge in [0.1, 0.15) is 17.1 Å². The molecule has 0 spiro atoms. The molecule has 1 saturated carbocycles. The summed E-state index contributed by atoms with van der Waals surface area (Å²) in [6.45, 7) is 3.07. The topological polar surface area (TPSA) is 89.2 Å². The molecule has 25 heavy (non-hydrogen) atoms. The van der Waals surface area contributed by atoms with Crippen LogP contribution in [0.4, 0.5) is 19.1 Å². The molecule has 2 N–H and O–H groups in total. The molecule has 3 rings (SSSR count). The Kier molecular flexibility index (Phi) is 5.85. The molecule has 9 heteroatoms.